The van der Waals surface area contributed by atoms with E-state index in [1.165, 1.54) is 14.2 Å². The number of anilines is 2. The molecule has 2 rings (SSSR count). The van der Waals surface area contributed by atoms with Crippen molar-refractivity contribution in [3.63, 3.8) is 0 Å². The Kier molecular flexibility index (Phi) is 7.81. The number of rotatable bonds is 9. The van der Waals surface area contributed by atoms with Gasteiger partial charge in [-0.25, -0.2) is 8.42 Å². The molecule has 1 aromatic heterocycles. The van der Waals surface area contributed by atoms with Gasteiger partial charge in [0.2, 0.25) is 21.1 Å². The second-order valence-corrected chi connectivity index (χ2v) is 9.84. The molecule has 0 fully saturated rings. The Bertz CT molecular complexity index is 992. The summed E-state index contributed by atoms with van der Waals surface area (Å²) in [5.41, 5.74) is 1.07. The van der Waals surface area contributed by atoms with Crippen molar-refractivity contribution in [1.82, 2.24) is 10.2 Å². The molecule has 0 atom stereocenters. The molecule has 13 heteroatoms. The van der Waals surface area contributed by atoms with Gasteiger partial charge in [0.1, 0.15) is 12.3 Å². The van der Waals surface area contributed by atoms with Crippen LogP contribution in [0.3, 0.4) is 0 Å². The monoisotopic (exact) mass is 460 g/mol. The standard InChI is InChI=1S/C16H20N4O6S3/c1-10-5-6-12(25-2)11(7-10)20(29(4,23)24)8-13(21)17-15-18-19-16(28-15)27-9-14(22)26-3/h5-7H,8-9H2,1-4H3,(H,17,18,21). The van der Waals surface area contributed by atoms with E-state index in [4.69, 9.17) is 4.74 Å². The lowest BCUT2D eigenvalue weighted by molar-refractivity contribution is -0.137. The van der Waals surface area contributed by atoms with Gasteiger partial charge in [0.05, 0.1) is 31.9 Å². The van der Waals surface area contributed by atoms with Crippen molar-refractivity contribution in [2.45, 2.75) is 11.3 Å². The van der Waals surface area contributed by atoms with Gasteiger partial charge in [-0.3, -0.25) is 19.2 Å². The molecule has 0 radical (unpaired) electrons. The van der Waals surface area contributed by atoms with Crippen LogP contribution in [0.15, 0.2) is 22.5 Å². The fraction of sp³-hybridized carbons (Fsp3) is 0.375. The first-order valence-electron chi connectivity index (χ1n) is 8.09. The Labute approximate surface area is 176 Å². The first kappa shape index (κ1) is 22.9. The van der Waals surface area contributed by atoms with Gasteiger partial charge in [0, 0.05) is 0 Å². The predicted octanol–water partition coefficient (Wildman–Crippen LogP) is 1.52. The van der Waals surface area contributed by atoms with E-state index < -0.39 is 28.4 Å². The van der Waals surface area contributed by atoms with E-state index >= 15 is 0 Å². The van der Waals surface area contributed by atoms with Crippen LogP contribution in [0.25, 0.3) is 0 Å². The van der Waals surface area contributed by atoms with E-state index in [1.54, 1.807) is 25.1 Å². The Morgan fingerprint density at radius 1 is 1.28 bits per heavy atom. The zero-order valence-electron chi connectivity index (χ0n) is 16.2. The van der Waals surface area contributed by atoms with Gasteiger partial charge < -0.3 is 9.47 Å². The van der Waals surface area contributed by atoms with E-state index in [0.29, 0.717) is 10.1 Å². The number of nitrogens with one attached hydrogen (secondary N) is 1. The number of esters is 1. The number of ether oxygens (including phenoxy) is 2. The number of benzene rings is 1. The first-order chi connectivity index (χ1) is 13.6. The largest absolute Gasteiger partial charge is 0.495 e. The Balaban J connectivity index is 2.13. The van der Waals surface area contributed by atoms with Gasteiger partial charge in [-0.05, 0) is 24.6 Å². The minimum absolute atomic E-state index is 0.0636. The molecule has 10 nitrogen and oxygen atoms in total. The second kappa shape index (κ2) is 9.89. The summed E-state index contributed by atoms with van der Waals surface area (Å²) >= 11 is 2.18. The maximum absolute atomic E-state index is 12.4. The summed E-state index contributed by atoms with van der Waals surface area (Å²) in [7, 11) is -1.06. The highest BCUT2D eigenvalue weighted by Gasteiger charge is 2.24. The Hall–Kier alpha value is -2.38. The molecule has 1 amide bonds. The van der Waals surface area contributed by atoms with Gasteiger partial charge in [-0.2, -0.15) is 0 Å². The number of carbonyl (C=O) groups excluding carboxylic acids is 2. The summed E-state index contributed by atoms with van der Waals surface area (Å²) in [4.78, 5) is 23.6. The molecule has 0 saturated heterocycles. The minimum atomic E-state index is -3.77. The van der Waals surface area contributed by atoms with Gasteiger partial charge in [-0.1, -0.05) is 29.2 Å². The number of aromatic nitrogens is 2. The molecule has 0 aliphatic heterocycles. The number of amides is 1. The SMILES string of the molecule is COC(=O)CSc1nnc(NC(=O)CN(c2cc(C)ccc2OC)S(C)(=O)=O)s1. The van der Waals surface area contributed by atoms with Crippen molar-refractivity contribution >= 4 is 55.8 Å². The summed E-state index contributed by atoms with van der Waals surface area (Å²) in [6.45, 7) is 1.33. The fourth-order valence-corrected chi connectivity index (χ4v) is 4.62. The van der Waals surface area contributed by atoms with E-state index in [2.05, 4.69) is 20.3 Å². The highest BCUT2D eigenvalue weighted by Crippen LogP contribution is 2.31. The van der Waals surface area contributed by atoms with E-state index in [1.807, 2.05) is 0 Å². The van der Waals surface area contributed by atoms with Gasteiger partial charge >= 0.3 is 5.97 Å². The first-order valence-corrected chi connectivity index (χ1v) is 11.7. The van der Waals surface area contributed by atoms with Crippen LogP contribution >= 0.6 is 23.1 Å². The van der Waals surface area contributed by atoms with Crippen molar-refractivity contribution in [1.29, 1.82) is 0 Å². The van der Waals surface area contributed by atoms with E-state index in [0.717, 1.165) is 39.2 Å². The lowest BCUT2D eigenvalue weighted by atomic mass is 10.2. The summed E-state index contributed by atoms with van der Waals surface area (Å²) in [5, 5.41) is 10.4. The van der Waals surface area contributed by atoms with Crippen molar-refractivity contribution < 1.29 is 27.5 Å². The van der Waals surface area contributed by atoms with Gasteiger partial charge in [0.25, 0.3) is 0 Å². The quantitative estimate of drug-likeness (QED) is 0.336. The highest BCUT2D eigenvalue weighted by atomic mass is 32.2. The lowest BCUT2D eigenvalue weighted by Crippen LogP contribution is -2.37. The van der Waals surface area contributed by atoms with Crippen LogP contribution in [0.4, 0.5) is 10.8 Å². The van der Waals surface area contributed by atoms with Crippen molar-refractivity contribution in [2.75, 3.05) is 42.4 Å². The van der Waals surface area contributed by atoms with Gasteiger partial charge in [0.15, 0.2) is 4.34 Å². The van der Waals surface area contributed by atoms with Crippen LogP contribution in [0.1, 0.15) is 5.56 Å². The van der Waals surface area contributed by atoms with Crippen LogP contribution in [-0.2, 0) is 24.3 Å². The zero-order chi connectivity index (χ0) is 21.6. The third kappa shape index (κ3) is 6.58. The van der Waals surface area contributed by atoms with Crippen LogP contribution in [-0.4, -0.2) is 63.3 Å². The smallest absolute Gasteiger partial charge is 0.316 e. The van der Waals surface area contributed by atoms with E-state index in [9.17, 15) is 18.0 Å². The average molecular weight is 461 g/mol. The maximum atomic E-state index is 12.4. The molecule has 1 aromatic carbocycles. The molecule has 0 bridgehead atoms. The maximum Gasteiger partial charge on any atom is 0.316 e. The number of carbonyl (C=O) groups is 2. The van der Waals surface area contributed by atoms with Crippen LogP contribution in [0, 0.1) is 6.92 Å². The number of hydrogen-bond donors (Lipinski definition) is 1. The van der Waals surface area contributed by atoms with Crippen LogP contribution in [0.2, 0.25) is 0 Å². The van der Waals surface area contributed by atoms with E-state index in [-0.39, 0.29) is 16.6 Å². The summed E-state index contributed by atoms with van der Waals surface area (Å²) in [6.07, 6.45) is 1.01. The Morgan fingerprint density at radius 3 is 2.62 bits per heavy atom. The molecule has 2 aromatic rings. The number of nitrogens with zero attached hydrogens (tertiary/aromatic N) is 3. The molecule has 0 spiro atoms. The zero-order valence-corrected chi connectivity index (χ0v) is 18.6. The molecular weight excluding hydrogens is 440 g/mol. The number of sulfonamides is 1. The molecule has 29 heavy (non-hydrogen) atoms. The fourth-order valence-electron chi connectivity index (χ4n) is 2.16. The summed E-state index contributed by atoms with van der Waals surface area (Å²) < 4.78 is 35.8. The molecule has 1 heterocycles. The van der Waals surface area contributed by atoms with Crippen molar-refractivity contribution in [3.8, 4) is 5.75 Å². The molecule has 158 valence electrons. The normalized spacial score (nSPS) is 11.0. The summed E-state index contributed by atoms with van der Waals surface area (Å²) in [5.74, 6) is -0.619. The van der Waals surface area contributed by atoms with Crippen molar-refractivity contribution in [3.05, 3.63) is 23.8 Å². The Morgan fingerprint density at radius 2 is 2.00 bits per heavy atom. The lowest BCUT2D eigenvalue weighted by Gasteiger charge is -2.23. The minimum Gasteiger partial charge on any atom is -0.495 e. The van der Waals surface area contributed by atoms with Crippen LogP contribution < -0.4 is 14.4 Å². The molecule has 1 N–H and O–H groups in total. The number of methoxy groups -OCH3 is 2. The molecule has 0 saturated carbocycles. The molecule has 0 unspecified atom stereocenters. The molecular formula is C16H20N4O6S3. The van der Waals surface area contributed by atoms with Crippen LogP contribution in [0.5, 0.6) is 5.75 Å². The third-order valence-corrected chi connectivity index (χ3v) is 6.56. The summed E-state index contributed by atoms with van der Waals surface area (Å²) in [6, 6.07) is 5.04. The predicted molar refractivity (Wildman–Crippen MR) is 111 cm³/mol. The highest BCUT2D eigenvalue weighted by molar-refractivity contribution is 8.01. The topological polar surface area (TPSA) is 128 Å². The number of hydrogen-bond acceptors (Lipinski definition) is 10. The molecule has 0 aliphatic carbocycles. The van der Waals surface area contributed by atoms with Gasteiger partial charge in [-0.15, -0.1) is 10.2 Å². The number of thioether (sulfide) groups is 1. The molecule has 0 aliphatic rings. The number of aryl methyl sites for hydroxylation is 1. The third-order valence-electron chi connectivity index (χ3n) is 3.48. The van der Waals surface area contributed by atoms with Crippen molar-refractivity contribution in [2.24, 2.45) is 0 Å². The average Bonchev–Trinajstić information content (AvgIpc) is 3.10. The second-order valence-electron chi connectivity index (χ2n) is 5.73.